The average Bonchev–Trinajstić information content (AvgIpc) is 3.15. The van der Waals surface area contributed by atoms with Gasteiger partial charge in [-0.05, 0) is 37.1 Å². The van der Waals surface area contributed by atoms with Gasteiger partial charge in [0.1, 0.15) is 0 Å². The summed E-state index contributed by atoms with van der Waals surface area (Å²) in [6.45, 7) is 4.12. The maximum absolute atomic E-state index is 12.6. The van der Waals surface area contributed by atoms with Gasteiger partial charge in [-0.25, -0.2) is 0 Å². The third kappa shape index (κ3) is 4.00. The van der Waals surface area contributed by atoms with Gasteiger partial charge in [-0.15, -0.1) is 10.2 Å². The minimum atomic E-state index is -0.0888. The van der Waals surface area contributed by atoms with E-state index >= 15 is 0 Å². The van der Waals surface area contributed by atoms with Gasteiger partial charge < -0.3 is 19.1 Å². The number of carbonyl (C=O) groups is 2. The van der Waals surface area contributed by atoms with Gasteiger partial charge in [0.05, 0.1) is 6.26 Å². The lowest BCUT2D eigenvalue weighted by Gasteiger charge is -2.34. The fraction of sp³-hybridized carbons (Fsp3) is 0.500. The van der Waals surface area contributed by atoms with E-state index in [1.165, 1.54) is 19.1 Å². The number of likely N-dealkylation sites (tertiary alicyclic amines) is 1. The number of aromatic nitrogens is 2. The van der Waals surface area contributed by atoms with E-state index in [4.69, 9.17) is 4.42 Å². The molecule has 8 heteroatoms. The van der Waals surface area contributed by atoms with Crippen molar-refractivity contribution in [2.45, 2.75) is 25.7 Å². The molecule has 0 radical (unpaired) electrons. The van der Waals surface area contributed by atoms with Crippen LogP contribution < -0.4 is 4.90 Å². The minimum absolute atomic E-state index is 0.0326. The molecule has 0 bridgehead atoms. The predicted molar refractivity (Wildman–Crippen MR) is 103 cm³/mol. The molecule has 0 spiro atoms. The van der Waals surface area contributed by atoms with Crippen LogP contribution in [-0.4, -0.2) is 71.1 Å². The lowest BCUT2D eigenvalue weighted by atomic mass is 10.2. The van der Waals surface area contributed by atoms with Crippen molar-refractivity contribution >= 4 is 17.6 Å². The summed E-state index contributed by atoms with van der Waals surface area (Å²) in [4.78, 5) is 30.7. The molecule has 2 aliphatic rings. The van der Waals surface area contributed by atoms with E-state index in [0.29, 0.717) is 37.6 Å². The molecule has 2 aromatic rings. The summed E-state index contributed by atoms with van der Waals surface area (Å²) in [7, 11) is 0. The third-order valence-corrected chi connectivity index (χ3v) is 5.39. The molecular weight excluding hydrogens is 358 g/mol. The highest BCUT2D eigenvalue weighted by molar-refractivity contribution is 5.92. The Hall–Kier alpha value is -2.90. The fourth-order valence-corrected chi connectivity index (χ4v) is 3.74. The number of nitrogens with zero attached hydrogens (tertiary/aromatic N) is 5. The summed E-state index contributed by atoms with van der Waals surface area (Å²) in [5, 5.41) is 8.44. The van der Waals surface area contributed by atoms with E-state index in [1.807, 2.05) is 11.0 Å². The van der Waals surface area contributed by atoms with E-state index in [9.17, 15) is 9.59 Å². The Bertz CT molecular complexity index is 790. The normalized spacial score (nSPS) is 18.1. The molecule has 28 heavy (non-hydrogen) atoms. The molecule has 0 N–H and O–H groups in total. The van der Waals surface area contributed by atoms with Gasteiger partial charge in [-0.3, -0.25) is 9.59 Å². The Morgan fingerprint density at radius 2 is 1.50 bits per heavy atom. The van der Waals surface area contributed by atoms with Crippen LogP contribution >= 0.6 is 0 Å². The Morgan fingerprint density at radius 1 is 0.786 bits per heavy atom. The first-order chi connectivity index (χ1) is 13.7. The number of carbonyl (C=O) groups excluding carboxylic acids is 2. The third-order valence-electron chi connectivity index (χ3n) is 5.39. The van der Waals surface area contributed by atoms with Crippen molar-refractivity contribution in [1.29, 1.82) is 0 Å². The molecule has 4 rings (SSSR count). The largest absolute Gasteiger partial charge is 0.459 e. The van der Waals surface area contributed by atoms with Crippen LogP contribution in [0.2, 0.25) is 0 Å². The summed E-state index contributed by atoms with van der Waals surface area (Å²) in [6, 6.07) is 7.01. The number of amides is 2. The van der Waals surface area contributed by atoms with Gasteiger partial charge in [0.15, 0.2) is 17.3 Å². The SMILES string of the molecule is O=C(c1ccc(N2CCN(C(=O)c3ccco3)CC2)nn1)N1CCCCCC1. The van der Waals surface area contributed by atoms with E-state index in [0.717, 1.165) is 31.7 Å². The van der Waals surface area contributed by atoms with Gasteiger partial charge in [-0.1, -0.05) is 12.8 Å². The molecule has 0 aromatic carbocycles. The van der Waals surface area contributed by atoms with Gasteiger partial charge in [0.25, 0.3) is 11.8 Å². The van der Waals surface area contributed by atoms with Crippen LogP contribution in [0.4, 0.5) is 5.82 Å². The van der Waals surface area contributed by atoms with Gasteiger partial charge in [0.2, 0.25) is 0 Å². The molecule has 4 heterocycles. The first-order valence-corrected chi connectivity index (χ1v) is 9.93. The van der Waals surface area contributed by atoms with Crippen LogP contribution in [0.5, 0.6) is 0 Å². The van der Waals surface area contributed by atoms with Crippen molar-refractivity contribution in [3.05, 3.63) is 42.0 Å². The monoisotopic (exact) mass is 383 g/mol. The van der Waals surface area contributed by atoms with E-state index in [2.05, 4.69) is 15.1 Å². The summed E-state index contributed by atoms with van der Waals surface area (Å²) in [5.41, 5.74) is 0.400. The van der Waals surface area contributed by atoms with Gasteiger partial charge in [-0.2, -0.15) is 0 Å². The maximum atomic E-state index is 12.6. The van der Waals surface area contributed by atoms with Crippen molar-refractivity contribution in [3.8, 4) is 0 Å². The molecule has 0 unspecified atom stereocenters. The van der Waals surface area contributed by atoms with Crippen LogP contribution in [0.25, 0.3) is 0 Å². The molecule has 148 valence electrons. The topological polar surface area (TPSA) is 82.8 Å². The van der Waals surface area contributed by atoms with Crippen molar-refractivity contribution < 1.29 is 14.0 Å². The minimum Gasteiger partial charge on any atom is -0.459 e. The molecular formula is C20H25N5O3. The molecule has 2 aromatic heterocycles. The van der Waals surface area contributed by atoms with E-state index < -0.39 is 0 Å². The van der Waals surface area contributed by atoms with Crippen LogP contribution in [0.15, 0.2) is 34.9 Å². The molecule has 0 atom stereocenters. The number of anilines is 1. The standard InChI is InChI=1S/C20H25N5O3/c26-19(24-9-3-1-2-4-10-24)16-7-8-18(22-21-16)23-11-13-25(14-12-23)20(27)17-6-5-15-28-17/h5-8,15H,1-4,9-14H2. The Balaban J connectivity index is 1.34. The smallest absolute Gasteiger partial charge is 0.289 e. The second kappa shape index (κ2) is 8.41. The Morgan fingerprint density at radius 3 is 2.11 bits per heavy atom. The molecule has 0 saturated carbocycles. The molecule has 2 saturated heterocycles. The summed E-state index contributed by atoms with van der Waals surface area (Å²) >= 11 is 0. The lowest BCUT2D eigenvalue weighted by molar-refractivity contribution is 0.0712. The quantitative estimate of drug-likeness (QED) is 0.807. The summed E-state index contributed by atoms with van der Waals surface area (Å²) in [6.07, 6.45) is 5.98. The Kier molecular flexibility index (Phi) is 5.55. The van der Waals surface area contributed by atoms with Crippen molar-refractivity contribution in [1.82, 2.24) is 20.0 Å². The zero-order valence-electron chi connectivity index (χ0n) is 15.9. The highest BCUT2D eigenvalue weighted by atomic mass is 16.3. The van der Waals surface area contributed by atoms with Crippen LogP contribution in [-0.2, 0) is 0 Å². The number of furan rings is 1. The fourth-order valence-electron chi connectivity index (χ4n) is 3.74. The Labute approximate surface area is 164 Å². The highest BCUT2D eigenvalue weighted by Crippen LogP contribution is 2.17. The lowest BCUT2D eigenvalue weighted by Crippen LogP contribution is -2.49. The number of hydrogen-bond donors (Lipinski definition) is 0. The molecule has 8 nitrogen and oxygen atoms in total. The van der Waals surface area contributed by atoms with E-state index in [1.54, 1.807) is 23.1 Å². The van der Waals surface area contributed by atoms with Crippen molar-refractivity contribution in [3.63, 3.8) is 0 Å². The molecule has 2 fully saturated rings. The summed E-state index contributed by atoms with van der Waals surface area (Å²) in [5.74, 6) is 0.978. The predicted octanol–water partition coefficient (Wildman–Crippen LogP) is 2.05. The van der Waals surface area contributed by atoms with Crippen molar-refractivity contribution in [2.75, 3.05) is 44.2 Å². The molecule has 2 aliphatic heterocycles. The van der Waals surface area contributed by atoms with Crippen LogP contribution in [0.1, 0.15) is 46.7 Å². The molecule has 0 aliphatic carbocycles. The van der Waals surface area contributed by atoms with Gasteiger partial charge >= 0.3 is 0 Å². The molecule has 2 amide bonds. The van der Waals surface area contributed by atoms with Crippen LogP contribution in [0.3, 0.4) is 0 Å². The number of hydrogen-bond acceptors (Lipinski definition) is 6. The van der Waals surface area contributed by atoms with E-state index in [-0.39, 0.29) is 11.8 Å². The van der Waals surface area contributed by atoms with Crippen molar-refractivity contribution in [2.24, 2.45) is 0 Å². The number of rotatable bonds is 3. The zero-order chi connectivity index (χ0) is 19.3. The average molecular weight is 383 g/mol. The van der Waals surface area contributed by atoms with Crippen LogP contribution in [0, 0.1) is 0 Å². The zero-order valence-corrected chi connectivity index (χ0v) is 15.9. The maximum Gasteiger partial charge on any atom is 0.289 e. The van der Waals surface area contributed by atoms with Gasteiger partial charge in [0, 0.05) is 39.3 Å². The first-order valence-electron chi connectivity index (χ1n) is 9.93. The number of piperazine rings is 1. The highest BCUT2D eigenvalue weighted by Gasteiger charge is 2.25. The second-order valence-electron chi connectivity index (χ2n) is 7.24. The first kappa shape index (κ1) is 18.5. The second-order valence-corrected chi connectivity index (χ2v) is 7.24. The summed E-state index contributed by atoms with van der Waals surface area (Å²) < 4.78 is 5.19.